The molecular weight excluding hydrogens is 204 g/mol. The number of rotatable bonds is 1. The minimum absolute atomic E-state index is 0.0603. The van der Waals surface area contributed by atoms with Crippen molar-refractivity contribution < 1.29 is 18.3 Å². The molecule has 3 aliphatic rings. The Morgan fingerprint density at radius 1 is 1.40 bits per heavy atom. The largest absolute Gasteiger partial charge is 0.468 e. The molecule has 0 aromatic heterocycles. The highest BCUT2D eigenvalue weighted by Gasteiger charge is 2.79. The third-order valence-electron chi connectivity index (χ3n) is 4.30. The van der Waals surface area contributed by atoms with Crippen LogP contribution in [0.25, 0.3) is 0 Å². The molecule has 1 unspecified atom stereocenters. The van der Waals surface area contributed by atoms with Crippen molar-refractivity contribution in [3.63, 3.8) is 0 Å². The van der Waals surface area contributed by atoms with Crippen LogP contribution in [0.5, 0.6) is 0 Å². The van der Waals surface area contributed by atoms with Gasteiger partial charge in [-0.2, -0.15) is 0 Å². The molecule has 2 saturated heterocycles. The summed E-state index contributed by atoms with van der Waals surface area (Å²) in [4.78, 5) is 13.5. The van der Waals surface area contributed by atoms with Gasteiger partial charge in [-0.3, -0.25) is 9.69 Å². The predicted octanol–water partition coefficient (Wildman–Crippen LogP) is 1.03. The quantitative estimate of drug-likeness (QED) is 0.614. The van der Waals surface area contributed by atoms with Gasteiger partial charge in [-0.05, 0) is 12.8 Å². The molecule has 84 valence electrons. The van der Waals surface area contributed by atoms with Crippen molar-refractivity contribution in [1.29, 1.82) is 0 Å². The first kappa shape index (κ1) is 9.51. The normalized spacial score (nSPS) is 46.1. The Kier molecular flexibility index (Phi) is 1.48. The molecule has 5 heteroatoms. The molecule has 1 spiro atoms. The second-order valence-corrected chi connectivity index (χ2v) is 5.03. The molecule has 3 nitrogen and oxygen atoms in total. The highest BCUT2D eigenvalue weighted by molar-refractivity contribution is 5.83. The Labute approximate surface area is 86.4 Å². The standard InChI is InChI=1S/C10H13F2NO2/c1-15-7(14)9-2-3-13(9)6-8(4-9)5-10(8,11)12/h2-6H2,1H3/t8-,9?/m0/s1. The molecule has 1 aliphatic carbocycles. The number of esters is 1. The topological polar surface area (TPSA) is 29.5 Å². The van der Waals surface area contributed by atoms with Gasteiger partial charge in [0.2, 0.25) is 0 Å². The van der Waals surface area contributed by atoms with Crippen LogP contribution in [0.3, 0.4) is 0 Å². The van der Waals surface area contributed by atoms with Crippen molar-refractivity contribution >= 4 is 5.97 Å². The van der Waals surface area contributed by atoms with E-state index in [4.69, 9.17) is 4.74 Å². The summed E-state index contributed by atoms with van der Waals surface area (Å²) in [6, 6.07) is 0. The van der Waals surface area contributed by atoms with E-state index in [1.54, 1.807) is 0 Å². The lowest BCUT2D eigenvalue weighted by atomic mass is 9.82. The maximum atomic E-state index is 13.2. The number of alkyl halides is 2. The van der Waals surface area contributed by atoms with Gasteiger partial charge < -0.3 is 4.74 Å². The molecule has 0 amide bonds. The zero-order chi connectivity index (χ0) is 10.9. The van der Waals surface area contributed by atoms with Crippen molar-refractivity contribution in [2.75, 3.05) is 20.2 Å². The number of nitrogens with zero attached hydrogens (tertiary/aromatic N) is 1. The second kappa shape index (κ2) is 2.34. The fourth-order valence-electron chi connectivity index (χ4n) is 3.19. The van der Waals surface area contributed by atoms with E-state index in [9.17, 15) is 13.6 Å². The average molecular weight is 217 g/mol. The van der Waals surface area contributed by atoms with Crippen molar-refractivity contribution in [2.24, 2.45) is 5.41 Å². The SMILES string of the molecule is COC(=O)C12CCN1C[C@]1(C2)CC1(F)F. The maximum absolute atomic E-state index is 13.2. The van der Waals surface area contributed by atoms with E-state index in [0.717, 1.165) is 6.54 Å². The van der Waals surface area contributed by atoms with Crippen LogP contribution >= 0.6 is 0 Å². The number of carbonyl (C=O) groups is 1. The lowest BCUT2D eigenvalue weighted by molar-refractivity contribution is -0.161. The summed E-state index contributed by atoms with van der Waals surface area (Å²) in [6.45, 7) is 1.10. The maximum Gasteiger partial charge on any atom is 0.326 e. The van der Waals surface area contributed by atoms with Gasteiger partial charge in [0.05, 0.1) is 12.5 Å². The van der Waals surface area contributed by atoms with Gasteiger partial charge in [-0.25, -0.2) is 8.78 Å². The van der Waals surface area contributed by atoms with E-state index >= 15 is 0 Å². The predicted molar refractivity (Wildman–Crippen MR) is 47.6 cm³/mol. The Hall–Kier alpha value is -0.710. The highest BCUT2D eigenvalue weighted by atomic mass is 19.3. The number of ether oxygens (including phenoxy) is 1. The third-order valence-corrected chi connectivity index (χ3v) is 4.30. The molecule has 0 aromatic carbocycles. The van der Waals surface area contributed by atoms with E-state index < -0.39 is 16.9 Å². The molecule has 1 saturated carbocycles. The number of hydrogen-bond acceptors (Lipinski definition) is 3. The monoisotopic (exact) mass is 217 g/mol. The van der Waals surface area contributed by atoms with Crippen LogP contribution < -0.4 is 0 Å². The van der Waals surface area contributed by atoms with Crippen molar-refractivity contribution in [3.05, 3.63) is 0 Å². The number of halogens is 2. The summed E-state index contributed by atoms with van der Waals surface area (Å²) in [7, 11) is 1.32. The van der Waals surface area contributed by atoms with Gasteiger partial charge in [-0.15, -0.1) is 0 Å². The van der Waals surface area contributed by atoms with E-state index in [1.807, 2.05) is 4.90 Å². The van der Waals surface area contributed by atoms with Crippen LogP contribution in [0.1, 0.15) is 19.3 Å². The molecule has 0 N–H and O–H groups in total. The molecular formula is C10H13F2NO2. The fraction of sp³-hybridized carbons (Fsp3) is 0.900. The van der Waals surface area contributed by atoms with Crippen LogP contribution in [-0.2, 0) is 9.53 Å². The number of methoxy groups -OCH3 is 1. The van der Waals surface area contributed by atoms with E-state index in [-0.39, 0.29) is 18.8 Å². The molecule has 2 atom stereocenters. The summed E-state index contributed by atoms with van der Waals surface area (Å²) >= 11 is 0. The molecule has 0 aromatic rings. The summed E-state index contributed by atoms with van der Waals surface area (Å²) in [5.74, 6) is -2.90. The Bertz CT molecular complexity index is 346. The Morgan fingerprint density at radius 2 is 2.07 bits per heavy atom. The molecule has 15 heavy (non-hydrogen) atoms. The first-order valence-electron chi connectivity index (χ1n) is 5.17. The van der Waals surface area contributed by atoms with Crippen LogP contribution in [0.4, 0.5) is 8.78 Å². The van der Waals surface area contributed by atoms with Crippen LogP contribution in [0.15, 0.2) is 0 Å². The zero-order valence-corrected chi connectivity index (χ0v) is 8.56. The number of fused-ring (bicyclic) bond motifs is 1. The third kappa shape index (κ3) is 0.904. The van der Waals surface area contributed by atoms with Crippen molar-refractivity contribution in [1.82, 2.24) is 4.90 Å². The van der Waals surface area contributed by atoms with E-state index in [2.05, 4.69) is 0 Å². The zero-order valence-electron chi connectivity index (χ0n) is 8.56. The van der Waals surface area contributed by atoms with Gasteiger partial charge in [0.1, 0.15) is 5.54 Å². The Morgan fingerprint density at radius 3 is 2.47 bits per heavy atom. The van der Waals surface area contributed by atoms with E-state index in [1.165, 1.54) is 7.11 Å². The van der Waals surface area contributed by atoms with Crippen LogP contribution in [0.2, 0.25) is 0 Å². The minimum Gasteiger partial charge on any atom is -0.468 e. The Balaban J connectivity index is 1.87. The van der Waals surface area contributed by atoms with Gasteiger partial charge in [0.25, 0.3) is 5.92 Å². The van der Waals surface area contributed by atoms with Crippen LogP contribution in [0, 0.1) is 5.41 Å². The summed E-state index contributed by atoms with van der Waals surface area (Å²) < 4.78 is 31.2. The molecule has 0 bridgehead atoms. The number of hydrogen-bond donors (Lipinski definition) is 0. The molecule has 2 heterocycles. The summed E-state index contributed by atoms with van der Waals surface area (Å²) in [5, 5.41) is 0. The number of carbonyl (C=O) groups excluding carboxylic acids is 1. The van der Waals surface area contributed by atoms with Gasteiger partial charge >= 0.3 is 5.97 Å². The second-order valence-electron chi connectivity index (χ2n) is 5.03. The molecule has 0 radical (unpaired) electrons. The van der Waals surface area contributed by atoms with Gasteiger partial charge in [0.15, 0.2) is 0 Å². The van der Waals surface area contributed by atoms with Crippen molar-refractivity contribution in [2.45, 2.75) is 30.7 Å². The summed E-state index contributed by atoms with van der Waals surface area (Å²) in [5.41, 5.74) is -1.63. The first-order valence-corrected chi connectivity index (χ1v) is 5.17. The van der Waals surface area contributed by atoms with Gasteiger partial charge in [-0.1, -0.05) is 0 Å². The minimum atomic E-state index is -2.56. The van der Waals surface area contributed by atoms with Crippen LogP contribution in [-0.4, -0.2) is 42.5 Å². The smallest absolute Gasteiger partial charge is 0.326 e. The lowest BCUT2D eigenvalue weighted by Crippen LogP contribution is -2.61. The molecule has 2 aliphatic heterocycles. The van der Waals surface area contributed by atoms with Crippen molar-refractivity contribution in [3.8, 4) is 0 Å². The summed E-state index contributed by atoms with van der Waals surface area (Å²) in [6.07, 6.45) is 0.881. The first-order chi connectivity index (χ1) is 6.96. The highest BCUT2D eigenvalue weighted by Crippen LogP contribution is 2.70. The van der Waals surface area contributed by atoms with Gasteiger partial charge in [0, 0.05) is 19.5 Å². The fourth-order valence-corrected chi connectivity index (χ4v) is 3.19. The lowest BCUT2D eigenvalue weighted by Gasteiger charge is -2.45. The average Bonchev–Trinajstić information content (AvgIpc) is 2.61. The molecule has 3 fully saturated rings. The van der Waals surface area contributed by atoms with E-state index in [0.29, 0.717) is 13.0 Å². The molecule has 3 rings (SSSR count).